The SMILES string of the molecule is COC(=O)Cc1cc(-c2ccc(C(F)(F)F)cc2)nc(-c2cc(C(F)(F)F)cc(C(F)(F)F)c2)c1. The van der Waals surface area contributed by atoms with E-state index in [-0.39, 0.29) is 28.6 Å². The molecule has 35 heavy (non-hydrogen) atoms. The van der Waals surface area contributed by atoms with Gasteiger partial charge in [-0.25, -0.2) is 4.98 Å². The number of methoxy groups -OCH3 is 1. The number of hydrogen-bond donors (Lipinski definition) is 0. The van der Waals surface area contributed by atoms with Gasteiger partial charge in [-0.1, -0.05) is 12.1 Å². The molecule has 0 saturated carbocycles. The summed E-state index contributed by atoms with van der Waals surface area (Å²) in [5.41, 5.74) is -4.88. The summed E-state index contributed by atoms with van der Waals surface area (Å²) < 4.78 is 123. The van der Waals surface area contributed by atoms with Crippen LogP contribution in [0.5, 0.6) is 0 Å². The molecule has 186 valence electrons. The fourth-order valence-electron chi connectivity index (χ4n) is 3.16. The molecule has 0 saturated heterocycles. The first-order valence-electron chi connectivity index (χ1n) is 9.63. The van der Waals surface area contributed by atoms with Crippen LogP contribution in [0.4, 0.5) is 39.5 Å². The normalized spacial score (nSPS) is 12.5. The van der Waals surface area contributed by atoms with E-state index < -0.39 is 53.2 Å². The quantitative estimate of drug-likeness (QED) is 0.277. The average Bonchev–Trinajstić information content (AvgIpc) is 2.76. The fraction of sp³-hybridized carbons (Fsp3) is 0.217. The lowest BCUT2D eigenvalue weighted by molar-refractivity contribution is -0.143. The highest BCUT2D eigenvalue weighted by molar-refractivity contribution is 5.75. The van der Waals surface area contributed by atoms with Crippen LogP contribution in [0.25, 0.3) is 22.5 Å². The highest BCUT2D eigenvalue weighted by atomic mass is 19.4. The van der Waals surface area contributed by atoms with E-state index in [0.717, 1.165) is 37.4 Å². The molecule has 12 heteroatoms. The Labute approximate surface area is 192 Å². The monoisotopic (exact) mass is 507 g/mol. The predicted molar refractivity (Wildman–Crippen MR) is 106 cm³/mol. The molecule has 2 aromatic carbocycles. The Balaban J connectivity index is 2.22. The number of aromatic nitrogens is 1. The van der Waals surface area contributed by atoms with Crippen molar-refractivity contribution in [2.45, 2.75) is 24.9 Å². The molecule has 0 atom stereocenters. The van der Waals surface area contributed by atoms with Gasteiger partial charge < -0.3 is 4.74 Å². The van der Waals surface area contributed by atoms with Gasteiger partial charge >= 0.3 is 24.5 Å². The van der Waals surface area contributed by atoms with Crippen LogP contribution in [0.3, 0.4) is 0 Å². The molecule has 0 aliphatic heterocycles. The number of esters is 1. The zero-order chi connectivity index (χ0) is 26.2. The van der Waals surface area contributed by atoms with Crippen molar-refractivity contribution in [3.05, 3.63) is 76.9 Å². The fourth-order valence-corrected chi connectivity index (χ4v) is 3.16. The third-order valence-electron chi connectivity index (χ3n) is 4.85. The van der Waals surface area contributed by atoms with E-state index in [9.17, 15) is 44.3 Å². The smallest absolute Gasteiger partial charge is 0.416 e. The molecule has 0 amide bonds. The molecule has 0 N–H and O–H groups in total. The van der Waals surface area contributed by atoms with Crippen molar-refractivity contribution in [3.63, 3.8) is 0 Å². The lowest BCUT2D eigenvalue weighted by Crippen LogP contribution is -2.11. The molecule has 0 aliphatic carbocycles. The molecule has 1 heterocycles. The second-order valence-electron chi connectivity index (χ2n) is 7.37. The van der Waals surface area contributed by atoms with Gasteiger partial charge in [-0.05, 0) is 48.0 Å². The summed E-state index contributed by atoms with van der Waals surface area (Å²) in [6.07, 6.45) is -15.2. The zero-order valence-electron chi connectivity index (χ0n) is 17.6. The summed E-state index contributed by atoms with van der Waals surface area (Å²) in [6.45, 7) is 0. The van der Waals surface area contributed by atoms with Crippen LogP contribution in [-0.2, 0) is 34.5 Å². The zero-order valence-corrected chi connectivity index (χ0v) is 17.6. The molecule has 0 bridgehead atoms. The first-order valence-corrected chi connectivity index (χ1v) is 9.63. The van der Waals surface area contributed by atoms with Crippen LogP contribution >= 0.6 is 0 Å². The van der Waals surface area contributed by atoms with E-state index in [0.29, 0.717) is 12.1 Å². The Morgan fingerprint density at radius 1 is 0.686 bits per heavy atom. The number of carbonyl (C=O) groups excluding carboxylic acids is 1. The van der Waals surface area contributed by atoms with Crippen LogP contribution in [-0.4, -0.2) is 18.1 Å². The number of halogens is 9. The number of alkyl halides is 9. The van der Waals surface area contributed by atoms with Gasteiger partial charge in [-0.15, -0.1) is 0 Å². The van der Waals surface area contributed by atoms with E-state index in [2.05, 4.69) is 9.72 Å². The Morgan fingerprint density at radius 3 is 1.57 bits per heavy atom. The summed E-state index contributed by atoms with van der Waals surface area (Å²) in [5, 5.41) is 0. The maximum atomic E-state index is 13.3. The summed E-state index contributed by atoms with van der Waals surface area (Å²) in [5.74, 6) is -0.763. The van der Waals surface area contributed by atoms with Crippen LogP contribution in [0.15, 0.2) is 54.6 Å². The minimum Gasteiger partial charge on any atom is -0.469 e. The van der Waals surface area contributed by atoms with Crippen LogP contribution in [0.1, 0.15) is 22.3 Å². The van der Waals surface area contributed by atoms with Crippen LogP contribution in [0, 0.1) is 0 Å². The van der Waals surface area contributed by atoms with Crippen molar-refractivity contribution in [3.8, 4) is 22.5 Å². The topological polar surface area (TPSA) is 39.2 Å². The molecule has 3 rings (SSSR count). The van der Waals surface area contributed by atoms with Gasteiger partial charge in [-0.3, -0.25) is 4.79 Å². The van der Waals surface area contributed by atoms with Gasteiger partial charge in [0.2, 0.25) is 0 Å². The summed E-state index contributed by atoms with van der Waals surface area (Å²) in [6, 6.07) is 6.87. The Morgan fingerprint density at radius 2 is 1.14 bits per heavy atom. The molecule has 3 aromatic rings. The van der Waals surface area contributed by atoms with E-state index in [1.165, 1.54) is 6.07 Å². The van der Waals surface area contributed by atoms with E-state index >= 15 is 0 Å². The molecule has 0 radical (unpaired) electrons. The van der Waals surface area contributed by atoms with E-state index in [4.69, 9.17) is 0 Å². The van der Waals surface area contributed by atoms with Gasteiger partial charge in [0.25, 0.3) is 0 Å². The first-order chi connectivity index (χ1) is 16.1. The molecule has 0 unspecified atom stereocenters. The average molecular weight is 507 g/mol. The number of benzene rings is 2. The molecular formula is C23H14F9NO2. The van der Waals surface area contributed by atoms with Crippen molar-refractivity contribution >= 4 is 5.97 Å². The third kappa shape index (κ3) is 6.31. The van der Waals surface area contributed by atoms with Crippen molar-refractivity contribution in [1.82, 2.24) is 4.98 Å². The third-order valence-corrected chi connectivity index (χ3v) is 4.85. The largest absolute Gasteiger partial charge is 0.469 e. The minimum atomic E-state index is -5.10. The van der Waals surface area contributed by atoms with Gasteiger partial charge in [0.15, 0.2) is 0 Å². The Kier molecular flexibility index (Phi) is 6.87. The number of carbonyl (C=O) groups is 1. The number of pyridine rings is 1. The van der Waals surface area contributed by atoms with Gasteiger partial charge in [0.1, 0.15) is 0 Å². The molecule has 0 fully saturated rings. The standard InChI is InChI=1S/C23H14F9NO2/c1-35-20(34)8-12-6-18(13-2-4-15(5-3-13)21(24,25)26)33-19(7-12)14-9-16(22(27,28)29)11-17(10-14)23(30,31)32/h2-7,9-11H,8H2,1H3. The maximum Gasteiger partial charge on any atom is 0.416 e. The van der Waals surface area contributed by atoms with E-state index in [1.807, 2.05) is 0 Å². The molecule has 3 nitrogen and oxygen atoms in total. The van der Waals surface area contributed by atoms with Crippen LogP contribution in [0.2, 0.25) is 0 Å². The van der Waals surface area contributed by atoms with Gasteiger partial charge in [0, 0.05) is 11.1 Å². The molecule has 1 aromatic heterocycles. The van der Waals surface area contributed by atoms with Crippen molar-refractivity contribution < 1.29 is 49.0 Å². The maximum absolute atomic E-state index is 13.3. The lowest BCUT2D eigenvalue weighted by atomic mass is 9.99. The number of ether oxygens (including phenoxy) is 1. The minimum absolute atomic E-state index is 0.0431. The van der Waals surface area contributed by atoms with E-state index in [1.54, 1.807) is 0 Å². The second-order valence-corrected chi connectivity index (χ2v) is 7.37. The van der Waals surface area contributed by atoms with Crippen molar-refractivity contribution in [2.75, 3.05) is 7.11 Å². The number of nitrogens with zero attached hydrogens (tertiary/aromatic N) is 1. The lowest BCUT2D eigenvalue weighted by Gasteiger charge is -2.15. The summed E-state index contributed by atoms with van der Waals surface area (Å²) >= 11 is 0. The summed E-state index contributed by atoms with van der Waals surface area (Å²) in [7, 11) is 1.07. The molecular weight excluding hydrogens is 493 g/mol. The Bertz CT molecular complexity index is 1200. The van der Waals surface area contributed by atoms with Gasteiger partial charge in [0.05, 0.1) is 41.6 Å². The van der Waals surface area contributed by atoms with Crippen molar-refractivity contribution in [1.29, 1.82) is 0 Å². The van der Waals surface area contributed by atoms with Crippen molar-refractivity contribution in [2.24, 2.45) is 0 Å². The van der Waals surface area contributed by atoms with Gasteiger partial charge in [-0.2, -0.15) is 39.5 Å². The summed E-state index contributed by atoms with van der Waals surface area (Å²) in [4.78, 5) is 15.8. The number of hydrogen-bond acceptors (Lipinski definition) is 3. The Hall–Kier alpha value is -3.57. The highest BCUT2D eigenvalue weighted by Crippen LogP contribution is 2.39. The highest BCUT2D eigenvalue weighted by Gasteiger charge is 2.37. The molecule has 0 aliphatic rings. The predicted octanol–water partition coefficient (Wildman–Crippen LogP) is 7.19. The molecule has 0 spiro atoms. The van der Waals surface area contributed by atoms with Crippen LogP contribution < -0.4 is 0 Å². The second kappa shape index (κ2) is 9.23. The first kappa shape index (κ1) is 26.0. The number of rotatable bonds is 4.